The third-order valence-electron chi connectivity index (χ3n) is 5.39. The second-order valence-electron chi connectivity index (χ2n) is 8.36. The lowest BCUT2D eigenvalue weighted by atomic mass is 10.0. The summed E-state index contributed by atoms with van der Waals surface area (Å²) < 4.78 is 0. The summed E-state index contributed by atoms with van der Waals surface area (Å²) in [6.45, 7) is -0.827. The van der Waals surface area contributed by atoms with Crippen molar-refractivity contribution in [3.63, 3.8) is 0 Å². The van der Waals surface area contributed by atoms with E-state index in [9.17, 15) is 34.2 Å². The molecule has 0 aliphatic carbocycles. The highest BCUT2D eigenvalue weighted by Gasteiger charge is 2.30. The van der Waals surface area contributed by atoms with Gasteiger partial charge in [0.15, 0.2) is 0 Å². The molecule has 198 valence electrons. The maximum atomic E-state index is 13.1. The van der Waals surface area contributed by atoms with Crippen molar-refractivity contribution in [1.29, 1.82) is 0 Å². The van der Waals surface area contributed by atoms with Gasteiger partial charge in [-0.1, -0.05) is 60.7 Å². The molecule has 0 aromatic heterocycles. The number of aliphatic carboxylic acids is 1. The minimum atomic E-state index is -1.49. The van der Waals surface area contributed by atoms with E-state index >= 15 is 0 Å². The van der Waals surface area contributed by atoms with Crippen LogP contribution >= 0.6 is 0 Å². The molecule has 0 saturated heterocycles. The van der Waals surface area contributed by atoms with Crippen molar-refractivity contribution in [3.05, 3.63) is 71.8 Å². The number of carbonyl (C=O) groups is 5. The zero-order valence-electron chi connectivity index (χ0n) is 20.0. The summed E-state index contributed by atoms with van der Waals surface area (Å²) >= 11 is 0. The fourth-order valence-corrected chi connectivity index (χ4v) is 3.44. The van der Waals surface area contributed by atoms with Crippen LogP contribution in [0.1, 0.15) is 17.5 Å². The maximum Gasteiger partial charge on any atom is 0.326 e. The standard InChI is InChI=1S/C25H31N5O7/c26-17(13-21(27)32)22(33)30-20(14-31)24(35)28-18(11-15-7-3-1-4-8-15)23(34)29-19(25(36)37)12-16-9-5-2-6-10-16/h1-10,17-20,31H,11-14,26H2,(H2,27,32)(H,28,35)(H,29,34)(H,30,33)(H,36,37). The molecule has 4 unspecified atom stereocenters. The molecule has 0 aliphatic heterocycles. The largest absolute Gasteiger partial charge is 0.480 e. The van der Waals surface area contributed by atoms with Crippen LogP contribution in [-0.4, -0.2) is 70.6 Å². The number of nitrogens with one attached hydrogen (secondary N) is 3. The Morgan fingerprint density at radius 2 is 1.14 bits per heavy atom. The molecule has 37 heavy (non-hydrogen) atoms. The lowest BCUT2D eigenvalue weighted by Gasteiger charge is -2.24. The van der Waals surface area contributed by atoms with Crippen LogP contribution in [0.4, 0.5) is 0 Å². The Kier molecular flexibility index (Phi) is 11.2. The van der Waals surface area contributed by atoms with Crippen LogP contribution in [-0.2, 0) is 36.8 Å². The number of aliphatic hydroxyl groups is 1. The molecule has 0 saturated carbocycles. The van der Waals surface area contributed by atoms with Gasteiger partial charge in [0.1, 0.15) is 18.1 Å². The van der Waals surface area contributed by atoms with E-state index in [1.807, 2.05) is 0 Å². The quantitative estimate of drug-likeness (QED) is 0.153. The number of carbonyl (C=O) groups excluding carboxylic acids is 4. The van der Waals surface area contributed by atoms with Crippen molar-refractivity contribution >= 4 is 29.6 Å². The Hall–Kier alpha value is -4.29. The molecule has 0 fully saturated rings. The number of aliphatic hydroxyl groups excluding tert-OH is 1. The Bertz CT molecular complexity index is 1080. The molecular weight excluding hydrogens is 482 g/mol. The van der Waals surface area contributed by atoms with E-state index in [2.05, 4.69) is 16.0 Å². The number of rotatable bonds is 14. The average molecular weight is 514 g/mol. The van der Waals surface area contributed by atoms with Gasteiger partial charge in [-0.25, -0.2) is 4.79 Å². The number of amides is 4. The zero-order chi connectivity index (χ0) is 27.4. The van der Waals surface area contributed by atoms with Gasteiger partial charge in [-0.2, -0.15) is 0 Å². The van der Waals surface area contributed by atoms with Gasteiger partial charge in [-0.15, -0.1) is 0 Å². The zero-order valence-corrected chi connectivity index (χ0v) is 20.0. The van der Waals surface area contributed by atoms with Crippen LogP contribution < -0.4 is 27.4 Å². The van der Waals surface area contributed by atoms with E-state index in [1.54, 1.807) is 60.7 Å². The van der Waals surface area contributed by atoms with Crippen molar-refractivity contribution in [2.75, 3.05) is 6.61 Å². The molecule has 0 aliphatic rings. The Morgan fingerprint density at radius 1 is 0.703 bits per heavy atom. The van der Waals surface area contributed by atoms with Crippen molar-refractivity contribution in [3.8, 4) is 0 Å². The summed E-state index contributed by atoms with van der Waals surface area (Å²) in [5.41, 5.74) is 12.0. The first-order chi connectivity index (χ1) is 17.6. The molecule has 0 heterocycles. The minimum Gasteiger partial charge on any atom is -0.480 e. The molecule has 9 N–H and O–H groups in total. The van der Waals surface area contributed by atoms with E-state index in [-0.39, 0.29) is 12.8 Å². The highest BCUT2D eigenvalue weighted by molar-refractivity contribution is 5.95. The van der Waals surface area contributed by atoms with Gasteiger partial charge in [0.05, 0.1) is 19.1 Å². The van der Waals surface area contributed by atoms with Crippen LogP contribution in [0.25, 0.3) is 0 Å². The predicted molar refractivity (Wildman–Crippen MR) is 133 cm³/mol. The van der Waals surface area contributed by atoms with Gasteiger partial charge in [0.25, 0.3) is 0 Å². The summed E-state index contributed by atoms with van der Waals surface area (Å²) in [5.74, 6) is -4.66. The number of carboxylic acid groups (broad SMARTS) is 1. The molecule has 2 rings (SSSR count). The van der Waals surface area contributed by atoms with Crippen LogP contribution in [0.2, 0.25) is 0 Å². The van der Waals surface area contributed by atoms with E-state index in [0.717, 1.165) is 0 Å². The number of hydrogen-bond acceptors (Lipinski definition) is 7. The molecule has 0 spiro atoms. The minimum absolute atomic E-state index is 0.00335. The summed E-state index contributed by atoms with van der Waals surface area (Å²) in [5, 5.41) is 26.4. The number of carboxylic acids is 1. The van der Waals surface area contributed by atoms with Crippen molar-refractivity contribution in [2.24, 2.45) is 11.5 Å². The highest BCUT2D eigenvalue weighted by atomic mass is 16.4. The lowest BCUT2D eigenvalue weighted by Crippen LogP contribution is -2.58. The second-order valence-corrected chi connectivity index (χ2v) is 8.36. The van der Waals surface area contributed by atoms with Crippen molar-refractivity contribution < 1.29 is 34.2 Å². The number of benzene rings is 2. The van der Waals surface area contributed by atoms with E-state index in [0.29, 0.717) is 11.1 Å². The van der Waals surface area contributed by atoms with Crippen LogP contribution in [0, 0.1) is 0 Å². The first-order valence-electron chi connectivity index (χ1n) is 11.5. The molecule has 2 aromatic rings. The Morgan fingerprint density at radius 3 is 1.59 bits per heavy atom. The molecule has 2 aromatic carbocycles. The first kappa shape index (κ1) is 28.9. The molecule has 4 atom stereocenters. The Labute approximate surface area is 213 Å². The van der Waals surface area contributed by atoms with E-state index < -0.39 is 66.8 Å². The van der Waals surface area contributed by atoms with Gasteiger partial charge >= 0.3 is 5.97 Å². The lowest BCUT2D eigenvalue weighted by molar-refractivity contribution is -0.142. The number of nitrogens with two attached hydrogens (primary N) is 2. The third-order valence-corrected chi connectivity index (χ3v) is 5.39. The third kappa shape index (κ3) is 9.70. The van der Waals surface area contributed by atoms with Crippen LogP contribution in [0.15, 0.2) is 60.7 Å². The average Bonchev–Trinajstić information content (AvgIpc) is 2.86. The summed E-state index contributed by atoms with van der Waals surface area (Å²) in [4.78, 5) is 61.0. The molecule has 12 nitrogen and oxygen atoms in total. The molecular formula is C25H31N5O7. The smallest absolute Gasteiger partial charge is 0.326 e. The maximum absolute atomic E-state index is 13.1. The normalized spacial score (nSPS) is 13.9. The summed E-state index contributed by atoms with van der Waals surface area (Å²) in [6, 6.07) is 12.1. The van der Waals surface area contributed by atoms with Gasteiger partial charge < -0.3 is 37.6 Å². The van der Waals surface area contributed by atoms with Gasteiger partial charge in [-0.3, -0.25) is 19.2 Å². The van der Waals surface area contributed by atoms with Gasteiger partial charge in [-0.05, 0) is 11.1 Å². The van der Waals surface area contributed by atoms with Crippen LogP contribution in [0.5, 0.6) is 0 Å². The predicted octanol–water partition coefficient (Wildman–Crippen LogP) is -1.79. The molecule has 0 bridgehead atoms. The monoisotopic (exact) mass is 513 g/mol. The SMILES string of the molecule is NC(=O)CC(N)C(=O)NC(CO)C(=O)NC(Cc1ccccc1)C(=O)NC(Cc1ccccc1)C(=O)O. The van der Waals surface area contributed by atoms with E-state index in [1.165, 1.54) is 0 Å². The fourth-order valence-electron chi connectivity index (χ4n) is 3.44. The summed E-state index contributed by atoms with van der Waals surface area (Å²) in [7, 11) is 0. The second kappa shape index (κ2) is 14.3. The molecule has 0 radical (unpaired) electrons. The number of hydrogen-bond donors (Lipinski definition) is 7. The van der Waals surface area contributed by atoms with Crippen molar-refractivity contribution in [1.82, 2.24) is 16.0 Å². The molecule has 12 heteroatoms. The summed E-state index contributed by atoms with van der Waals surface area (Å²) in [6.07, 6.45) is -0.451. The molecule has 4 amide bonds. The van der Waals surface area contributed by atoms with Crippen LogP contribution in [0.3, 0.4) is 0 Å². The number of primary amides is 1. The van der Waals surface area contributed by atoms with Gasteiger partial charge in [0, 0.05) is 12.8 Å². The fraction of sp³-hybridized carbons (Fsp3) is 0.320. The van der Waals surface area contributed by atoms with Crippen molar-refractivity contribution in [2.45, 2.75) is 43.4 Å². The van der Waals surface area contributed by atoms with Gasteiger partial charge in [0.2, 0.25) is 23.6 Å². The highest BCUT2D eigenvalue weighted by Crippen LogP contribution is 2.07. The topological polar surface area (TPSA) is 214 Å². The first-order valence-corrected chi connectivity index (χ1v) is 11.5. The Balaban J connectivity index is 2.17. The van der Waals surface area contributed by atoms with E-state index in [4.69, 9.17) is 11.5 Å².